The van der Waals surface area contributed by atoms with Gasteiger partial charge in [0.1, 0.15) is 23.2 Å². The Balaban J connectivity index is 1.28. The fourth-order valence-electron chi connectivity index (χ4n) is 8.01. The quantitative estimate of drug-likeness (QED) is 0.273. The van der Waals surface area contributed by atoms with Crippen molar-refractivity contribution in [3.63, 3.8) is 0 Å². The van der Waals surface area contributed by atoms with Gasteiger partial charge in [-0.15, -0.1) is 0 Å². The van der Waals surface area contributed by atoms with Gasteiger partial charge in [0.05, 0.1) is 17.1 Å². The lowest BCUT2D eigenvalue weighted by Gasteiger charge is -2.36. The van der Waals surface area contributed by atoms with E-state index in [0.717, 1.165) is 5.56 Å². The van der Waals surface area contributed by atoms with Gasteiger partial charge >= 0.3 is 5.63 Å². The minimum atomic E-state index is -1.42. The molecule has 2 saturated carbocycles. The molecule has 3 aliphatic carbocycles. The molecule has 7 atom stereocenters. The molecule has 2 bridgehead atoms. The number of aliphatic hydroxyl groups excluding tert-OH is 1. The highest BCUT2D eigenvalue weighted by Gasteiger charge is 2.94. The number of para-hydroxylation sites is 1. The summed E-state index contributed by atoms with van der Waals surface area (Å²) in [5.74, 6) is -2.41. The molecule has 1 aromatic heterocycles. The number of ketones is 3. The lowest BCUT2D eigenvalue weighted by molar-refractivity contribution is -0.117. The van der Waals surface area contributed by atoms with E-state index >= 15 is 0 Å². The monoisotopic (exact) mass is 562 g/mol. The topological polar surface area (TPSA) is 123 Å². The van der Waals surface area contributed by atoms with Crippen LogP contribution in [-0.4, -0.2) is 45.9 Å². The van der Waals surface area contributed by atoms with Crippen LogP contribution in [0.3, 0.4) is 0 Å². The molecule has 1 N–H and O–H groups in total. The Labute approximate surface area is 239 Å². The Morgan fingerprint density at radius 2 is 1.52 bits per heavy atom. The summed E-state index contributed by atoms with van der Waals surface area (Å²) in [6.45, 7) is 1.46. The van der Waals surface area contributed by atoms with E-state index < -0.39 is 46.8 Å². The van der Waals surface area contributed by atoms with Gasteiger partial charge in [-0.1, -0.05) is 66.7 Å². The van der Waals surface area contributed by atoms with Gasteiger partial charge in [0.25, 0.3) is 0 Å². The number of carbonyl (C=O) groups excluding carboxylic acids is 3. The molecule has 8 nitrogen and oxygen atoms in total. The van der Waals surface area contributed by atoms with Gasteiger partial charge in [-0.25, -0.2) is 4.79 Å². The molecule has 4 aliphatic rings. The zero-order chi connectivity index (χ0) is 29.0. The molecule has 42 heavy (non-hydrogen) atoms. The third-order valence-corrected chi connectivity index (χ3v) is 9.72. The van der Waals surface area contributed by atoms with E-state index in [-0.39, 0.29) is 35.1 Å². The molecule has 1 saturated heterocycles. The summed E-state index contributed by atoms with van der Waals surface area (Å²) in [5, 5.41) is 12.1. The second-order valence-corrected chi connectivity index (χ2v) is 11.8. The van der Waals surface area contributed by atoms with Gasteiger partial charge in [0.15, 0.2) is 22.8 Å². The molecule has 4 aromatic rings. The number of epoxide rings is 1. The van der Waals surface area contributed by atoms with E-state index in [1.807, 2.05) is 30.3 Å². The number of benzene rings is 3. The van der Waals surface area contributed by atoms with Crippen LogP contribution in [0.25, 0.3) is 11.0 Å². The summed E-state index contributed by atoms with van der Waals surface area (Å²) in [6, 6.07) is 22.8. The molecule has 2 heterocycles. The van der Waals surface area contributed by atoms with Crippen LogP contribution in [0, 0.1) is 11.8 Å². The molecule has 0 amide bonds. The van der Waals surface area contributed by atoms with Crippen molar-refractivity contribution < 1.29 is 33.4 Å². The van der Waals surface area contributed by atoms with Crippen molar-refractivity contribution >= 4 is 28.3 Å². The lowest BCUT2D eigenvalue weighted by atomic mass is 9.66. The molecular formula is C34H26O8. The highest BCUT2D eigenvalue weighted by molar-refractivity contribution is 6.26. The molecule has 8 heteroatoms. The third kappa shape index (κ3) is 3.03. The average Bonchev–Trinajstić information content (AvgIpc) is 3.52. The van der Waals surface area contributed by atoms with Crippen LogP contribution in [0.1, 0.15) is 57.5 Å². The second-order valence-electron chi connectivity index (χ2n) is 11.8. The number of hydrogen-bond donors (Lipinski definition) is 1. The van der Waals surface area contributed by atoms with E-state index in [1.165, 1.54) is 6.92 Å². The Hall–Kier alpha value is -4.40. The molecule has 1 aliphatic heterocycles. The van der Waals surface area contributed by atoms with Crippen LogP contribution >= 0.6 is 0 Å². The summed E-state index contributed by atoms with van der Waals surface area (Å²) < 4.78 is 18.6. The van der Waals surface area contributed by atoms with E-state index in [2.05, 4.69) is 0 Å². The van der Waals surface area contributed by atoms with E-state index in [4.69, 9.17) is 13.9 Å². The molecule has 3 aromatic carbocycles. The third-order valence-electron chi connectivity index (χ3n) is 9.72. The summed E-state index contributed by atoms with van der Waals surface area (Å²) in [4.78, 5) is 53.8. The van der Waals surface area contributed by atoms with Crippen LogP contribution < -0.4 is 10.4 Å². The molecular weight excluding hydrogens is 536 g/mol. The fourth-order valence-corrected chi connectivity index (χ4v) is 8.01. The number of aliphatic hydroxyl groups is 1. The second kappa shape index (κ2) is 8.56. The zero-order valence-corrected chi connectivity index (χ0v) is 22.6. The molecule has 5 unspecified atom stereocenters. The fraction of sp³-hybridized carbons (Fsp3) is 0.294. The maximum atomic E-state index is 13.9. The maximum absolute atomic E-state index is 13.9. The smallest absolute Gasteiger partial charge is 0.343 e. The summed E-state index contributed by atoms with van der Waals surface area (Å²) in [6.07, 6.45) is -1.68. The van der Waals surface area contributed by atoms with Crippen LogP contribution in [0.4, 0.5) is 0 Å². The first-order chi connectivity index (χ1) is 20.3. The van der Waals surface area contributed by atoms with Gasteiger partial charge in [-0.2, -0.15) is 0 Å². The largest absolute Gasteiger partial charge is 0.486 e. The van der Waals surface area contributed by atoms with Gasteiger partial charge in [0, 0.05) is 35.3 Å². The minimum absolute atomic E-state index is 0.0304. The Morgan fingerprint density at radius 3 is 2.21 bits per heavy atom. The number of carbonyl (C=O) groups is 3. The molecule has 210 valence electrons. The first-order valence-corrected chi connectivity index (χ1v) is 14.1. The van der Waals surface area contributed by atoms with Crippen molar-refractivity contribution in [2.24, 2.45) is 11.8 Å². The SMILES string of the molecule is CC(=O)CC(c1ccccc1)c1c(OC2C(O)[C@@H]3C[C@H]2C24OC32C(=O)c2ccccc2C4=O)c2ccccc2oc1=O. The van der Waals surface area contributed by atoms with Crippen molar-refractivity contribution in [3.05, 3.63) is 112 Å². The van der Waals surface area contributed by atoms with Crippen molar-refractivity contribution in [3.8, 4) is 5.75 Å². The van der Waals surface area contributed by atoms with E-state index in [1.54, 1.807) is 48.5 Å². The minimum Gasteiger partial charge on any atom is -0.486 e. The predicted octanol–water partition coefficient (Wildman–Crippen LogP) is 4.25. The summed E-state index contributed by atoms with van der Waals surface area (Å²) in [5.41, 5.74) is -1.63. The van der Waals surface area contributed by atoms with Gasteiger partial charge in [-0.3, -0.25) is 14.4 Å². The van der Waals surface area contributed by atoms with Crippen molar-refractivity contribution in [1.82, 2.24) is 0 Å². The van der Waals surface area contributed by atoms with E-state index in [9.17, 15) is 24.3 Å². The van der Waals surface area contributed by atoms with Crippen LogP contribution in [-0.2, 0) is 9.53 Å². The van der Waals surface area contributed by atoms with Crippen LogP contribution in [0.15, 0.2) is 88.1 Å². The Bertz CT molecular complexity index is 1890. The Kier molecular flexibility index (Phi) is 5.16. The molecule has 0 spiro atoms. The molecule has 0 radical (unpaired) electrons. The predicted molar refractivity (Wildman–Crippen MR) is 150 cm³/mol. The number of Topliss-reactive ketones (excluding diaryl/α,β-unsaturated/α-hetero) is 3. The normalized spacial score (nSPS) is 30.9. The number of rotatable bonds is 6. The van der Waals surface area contributed by atoms with Crippen molar-refractivity contribution in [2.45, 2.75) is 49.1 Å². The van der Waals surface area contributed by atoms with Crippen molar-refractivity contribution in [1.29, 1.82) is 0 Å². The molecule has 8 rings (SSSR count). The number of hydrogen-bond acceptors (Lipinski definition) is 8. The zero-order valence-electron chi connectivity index (χ0n) is 22.6. The molecule has 3 fully saturated rings. The first-order valence-electron chi connectivity index (χ1n) is 14.1. The van der Waals surface area contributed by atoms with Crippen LogP contribution in [0.5, 0.6) is 5.75 Å². The number of ether oxygens (including phenoxy) is 2. The van der Waals surface area contributed by atoms with E-state index in [0.29, 0.717) is 28.5 Å². The Morgan fingerprint density at radius 1 is 0.905 bits per heavy atom. The van der Waals surface area contributed by atoms with Crippen LogP contribution in [0.2, 0.25) is 0 Å². The summed E-state index contributed by atoms with van der Waals surface area (Å²) >= 11 is 0. The highest BCUT2D eigenvalue weighted by Crippen LogP contribution is 2.74. The first kappa shape index (κ1) is 25.3. The van der Waals surface area contributed by atoms with Crippen molar-refractivity contribution in [2.75, 3.05) is 0 Å². The van der Waals surface area contributed by atoms with Gasteiger partial charge in [-0.05, 0) is 31.0 Å². The highest BCUT2D eigenvalue weighted by atomic mass is 16.7. The lowest BCUT2D eigenvalue weighted by Crippen LogP contribution is -2.58. The van der Waals surface area contributed by atoms with Gasteiger partial charge < -0.3 is 19.0 Å². The maximum Gasteiger partial charge on any atom is 0.343 e. The van der Waals surface area contributed by atoms with Gasteiger partial charge in [0.2, 0.25) is 0 Å². The standard InChI is InChI=1S/C34H26O8/c1-17(35)15-22(18-9-3-2-4-10-18)26-28(21-13-7-8-14-25(21)40-32(26)39)41-29-24-16-23(27(29)36)33-30(37)19-11-5-6-12-20(19)31(38)34(24,33)42-33/h2-14,22-24,27,29,36H,15-16H2,1H3/t22?,23-,24+,27?,29?,33?,34?/m0/s1. The average molecular weight is 563 g/mol. The summed E-state index contributed by atoms with van der Waals surface area (Å²) in [7, 11) is 0. The number of fused-ring (bicyclic) bond motifs is 4.